The summed E-state index contributed by atoms with van der Waals surface area (Å²) in [5, 5.41) is 14.8. The standard InChI is InChI=1S/C12H13N3O6S/c1-12(10(18)14-11(19)15-12)7-2-4-8(5-3-7)22(20,21)13-6-9(16)17/h2-5,13H,6H2,1H3,(H,16,17)(H2,14,15,18,19)/p-1/t12-/m1/s1. The smallest absolute Gasteiger partial charge is 0.322 e. The Bertz CT molecular complexity index is 743. The molecule has 3 N–H and O–H groups in total. The van der Waals surface area contributed by atoms with E-state index in [0.29, 0.717) is 5.56 Å². The number of nitrogens with one attached hydrogen (secondary N) is 3. The fraction of sp³-hybridized carbons (Fsp3) is 0.250. The minimum absolute atomic E-state index is 0.175. The van der Waals surface area contributed by atoms with Crippen LogP contribution in [-0.2, 0) is 25.2 Å². The molecule has 1 fully saturated rings. The molecule has 1 aliphatic heterocycles. The van der Waals surface area contributed by atoms with Gasteiger partial charge in [-0.2, -0.15) is 0 Å². The van der Waals surface area contributed by atoms with E-state index in [-0.39, 0.29) is 4.90 Å². The van der Waals surface area contributed by atoms with Crippen molar-refractivity contribution in [3.8, 4) is 0 Å². The minimum Gasteiger partial charge on any atom is -0.549 e. The first-order valence-electron chi connectivity index (χ1n) is 6.09. The number of benzene rings is 1. The van der Waals surface area contributed by atoms with E-state index < -0.39 is 40.0 Å². The van der Waals surface area contributed by atoms with Gasteiger partial charge in [0.15, 0.2) is 0 Å². The first-order valence-corrected chi connectivity index (χ1v) is 7.57. The summed E-state index contributed by atoms with van der Waals surface area (Å²) in [6, 6.07) is 4.49. The van der Waals surface area contributed by atoms with Crippen LogP contribution < -0.4 is 20.5 Å². The molecule has 1 aliphatic rings. The van der Waals surface area contributed by atoms with Crippen molar-refractivity contribution in [3.05, 3.63) is 29.8 Å². The molecule has 1 aromatic rings. The molecule has 0 aromatic heterocycles. The average Bonchev–Trinajstić information content (AvgIpc) is 2.71. The van der Waals surface area contributed by atoms with Crippen LogP contribution in [0.2, 0.25) is 0 Å². The van der Waals surface area contributed by atoms with Crippen molar-refractivity contribution in [2.24, 2.45) is 0 Å². The number of carboxylic acid groups (broad SMARTS) is 1. The molecule has 1 saturated heterocycles. The molecule has 2 rings (SSSR count). The van der Waals surface area contributed by atoms with Crippen molar-refractivity contribution < 1.29 is 27.9 Å². The summed E-state index contributed by atoms with van der Waals surface area (Å²) >= 11 is 0. The summed E-state index contributed by atoms with van der Waals surface area (Å²) in [7, 11) is -4.00. The van der Waals surface area contributed by atoms with Crippen molar-refractivity contribution in [1.29, 1.82) is 0 Å². The van der Waals surface area contributed by atoms with Crippen LogP contribution in [0.1, 0.15) is 12.5 Å². The fourth-order valence-electron chi connectivity index (χ4n) is 1.95. The SMILES string of the molecule is C[C@]1(c2ccc(S(=O)(=O)NCC(=O)[O-])cc2)NC(=O)NC1=O. The zero-order valence-corrected chi connectivity index (χ0v) is 12.2. The summed E-state index contributed by atoms with van der Waals surface area (Å²) < 4.78 is 25.5. The predicted molar refractivity (Wildman–Crippen MR) is 70.7 cm³/mol. The van der Waals surface area contributed by atoms with Gasteiger partial charge in [-0.1, -0.05) is 12.1 Å². The highest BCUT2D eigenvalue weighted by Crippen LogP contribution is 2.25. The number of carboxylic acids is 1. The number of sulfonamides is 1. The van der Waals surface area contributed by atoms with Crippen LogP contribution in [-0.4, -0.2) is 32.9 Å². The molecule has 0 spiro atoms. The molecule has 0 radical (unpaired) electrons. The molecular weight excluding hydrogens is 314 g/mol. The molecule has 22 heavy (non-hydrogen) atoms. The first kappa shape index (κ1) is 15.9. The fourth-order valence-corrected chi connectivity index (χ4v) is 2.92. The number of amides is 3. The highest BCUT2D eigenvalue weighted by molar-refractivity contribution is 7.89. The Labute approximate surface area is 125 Å². The van der Waals surface area contributed by atoms with Crippen LogP contribution in [0.3, 0.4) is 0 Å². The van der Waals surface area contributed by atoms with Gasteiger partial charge in [0, 0.05) is 0 Å². The number of urea groups is 1. The molecule has 1 aromatic carbocycles. The lowest BCUT2D eigenvalue weighted by molar-refractivity contribution is -0.303. The normalized spacial score (nSPS) is 21.3. The number of carbonyl (C=O) groups excluding carboxylic acids is 3. The summed E-state index contributed by atoms with van der Waals surface area (Å²) in [4.78, 5) is 33.1. The number of hydrogen-bond acceptors (Lipinski definition) is 6. The van der Waals surface area contributed by atoms with E-state index in [4.69, 9.17) is 0 Å². The van der Waals surface area contributed by atoms with Crippen molar-refractivity contribution in [2.45, 2.75) is 17.4 Å². The van der Waals surface area contributed by atoms with E-state index in [1.807, 2.05) is 4.72 Å². The molecule has 0 bridgehead atoms. The molecular formula is C12H12N3O6S-. The second-order valence-corrected chi connectivity index (χ2v) is 6.52. The molecule has 118 valence electrons. The lowest BCUT2D eigenvalue weighted by Crippen LogP contribution is -2.40. The van der Waals surface area contributed by atoms with Gasteiger partial charge in [-0.05, 0) is 24.6 Å². The van der Waals surface area contributed by atoms with Gasteiger partial charge in [-0.3, -0.25) is 10.1 Å². The van der Waals surface area contributed by atoms with Crippen LogP contribution >= 0.6 is 0 Å². The second kappa shape index (κ2) is 5.39. The van der Waals surface area contributed by atoms with Gasteiger partial charge in [0.05, 0.1) is 17.4 Å². The second-order valence-electron chi connectivity index (χ2n) is 4.75. The quantitative estimate of drug-likeness (QED) is 0.522. The zero-order valence-electron chi connectivity index (χ0n) is 11.4. The average molecular weight is 326 g/mol. The van der Waals surface area contributed by atoms with Crippen LogP contribution in [0.5, 0.6) is 0 Å². The summed E-state index contributed by atoms with van der Waals surface area (Å²) in [5.41, 5.74) is -0.910. The van der Waals surface area contributed by atoms with E-state index in [1.165, 1.54) is 31.2 Å². The highest BCUT2D eigenvalue weighted by Gasteiger charge is 2.43. The van der Waals surface area contributed by atoms with Gasteiger partial charge >= 0.3 is 6.03 Å². The van der Waals surface area contributed by atoms with Crippen molar-refractivity contribution >= 4 is 27.9 Å². The molecule has 9 nitrogen and oxygen atoms in total. The Hall–Kier alpha value is -2.46. The van der Waals surface area contributed by atoms with E-state index in [0.717, 1.165) is 0 Å². The molecule has 0 aliphatic carbocycles. The van der Waals surface area contributed by atoms with E-state index in [1.54, 1.807) is 0 Å². The monoisotopic (exact) mass is 326 g/mol. The summed E-state index contributed by atoms with van der Waals surface area (Å²) in [5.74, 6) is -2.11. The third-order valence-corrected chi connectivity index (χ3v) is 4.61. The van der Waals surface area contributed by atoms with Crippen LogP contribution in [0.15, 0.2) is 29.2 Å². The van der Waals surface area contributed by atoms with Gasteiger partial charge < -0.3 is 15.2 Å². The minimum atomic E-state index is -4.00. The number of carbonyl (C=O) groups is 3. The van der Waals surface area contributed by atoms with Gasteiger partial charge in [-0.15, -0.1) is 0 Å². The molecule has 0 saturated carbocycles. The third-order valence-electron chi connectivity index (χ3n) is 3.19. The third kappa shape index (κ3) is 2.92. The topological polar surface area (TPSA) is 144 Å². The maximum Gasteiger partial charge on any atom is 0.322 e. The zero-order chi connectivity index (χ0) is 16.5. The van der Waals surface area contributed by atoms with Gasteiger partial charge in [0.2, 0.25) is 10.0 Å². The van der Waals surface area contributed by atoms with E-state index in [9.17, 15) is 27.9 Å². The van der Waals surface area contributed by atoms with Crippen molar-refractivity contribution in [1.82, 2.24) is 15.4 Å². The van der Waals surface area contributed by atoms with Gasteiger partial charge in [0.1, 0.15) is 5.54 Å². The molecule has 3 amide bonds. The van der Waals surface area contributed by atoms with Gasteiger partial charge in [0.25, 0.3) is 5.91 Å². The largest absolute Gasteiger partial charge is 0.549 e. The Kier molecular flexibility index (Phi) is 3.90. The van der Waals surface area contributed by atoms with Crippen LogP contribution in [0, 0.1) is 0 Å². The summed E-state index contributed by atoms with van der Waals surface area (Å²) in [6.45, 7) is 0.630. The van der Waals surface area contributed by atoms with Crippen LogP contribution in [0.4, 0.5) is 4.79 Å². The number of rotatable bonds is 5. The number of imide groups is 1. The Morgan fingerprint density at radius 3 is 2.32 bits per heavy atom. The molecule has 1 atom stereocenters. The van der Waals surface area contributed by atoms with Crippen molar-refractivity contribution in [2.75, 3.05) is 6.54 Å². The molecule has 0 unspecified atom stereocenters. The molecule has 1 heterocycles. The maximum absolute atomic E-state index is 11.8. The Morgan fingerprint density at radius 2 is 1.86 bits per heavy atom. The number of aliphatic carboxylic acids is 1. The number of hydrogen-bond donors (Lipinski definition) is 3. The van der Waals surface area contributed by atoms with Gasteiger partial charge in [-0.25, -0.2) is 17.9 Å². The first-order chi connectivity index (χ1) is 10.1. The van der Waals surface area contributed by atoms with Crippen molar-refractivity contribution in [3.63, 3.8) is 0 Å². The summed E-state index contributed by atoms with van der Waals surface area (Å²) in [6.07, 6.45) is 0. The predicted octanol–water partition coefficient (Wildman–Crippen LogP) is -2.23. The van der Waals surface area contributed by atoms with E-state index >= 15 is 0 Å². The Balaban J connectivity index is 2.26. The lowest BCUT2D eigenvalue weighted by Gasteiger charge is -2.21. The molecule has 10 heteroatoms. The highest BCUT2D eigenvalue weighted by atomic mass is 32.2. The van der Waals surface area contributed by atoms with E-state index in [2.05, 4.69) is 10.6 Å². The lowest BCUT2D eigenvalue weighted by atomic mass is 9.92. The van der Waals surface area contributed by atoms with Crippen LogP contribution in [0.25, 0.3) is 0 Å². The Morgan fingerprint density at radius 1 is 1.27 bits per heavy atom. The maximum atomic E-state index is 11.8.